The molecule has 1 aromatic carbocycles. The predicted molar refractivity (Wildman–Crippen MR) is 98.3 cm³/mol. The second kappa shape index (κ2) is 7.67. The Balaban J connectivity index is 1.78. The van der Waals surface area contributed by atoms with Crippen molar-refractivity contribution in [2.75, 3.05) is 31.6 Å². The first kappa shape index (κ1) is 18.7. The van der Waals surface area contributed by atoms with Gasteiger partial charge in [-0.1, -0.05) is 6.07 Å². The molecule has 26 heavy (non-hydrogen) atoms. The zero-order chi connectivity index (χ0) is 18.7. The molecular weight excluding hydrogens is 376 g/mol. The Hall–Kier alpha value is -2.07. The number of thiophene rings is 1. The van der Waals surface area contributed by atoms with Gasteiger partial charge in [0.15, 0.2) is 5.78 Å². The maximum absolute atomic E-state index is 12.7. The molecular formula is C17H18N2O5S2. The van der Waals surface area contributed by atoms with Crippen LogP contribution in [0.5, 0.6) is 0 Å². The van der Waals surface area contributed by atoms with E-state index in [0.717, 1.165) is 11.3 Å². The van der Waals surface area contributed by atoms with Crippen molar-refractivity contribution in [1.82, 2.24) is 4.31 Å². The molecule has 1 amide bonds. The number of carbonyl (C=O) groups excluding carboxylic acids is 2. The molecule has 2 heterocycles. The number of nitrogens with zero attached hydrogens (tertiary/aromatic N) is 1. The molecule has 1 fully saturated rings. The third-order valence-electron chi connectivity index (χ3n) is 3.88. The molecule has 0 bridgehead atoms. The van der Waals surface area contributed by atoms with Gasteiger partial charge in [0.05, 0.1) is 27.9 Å². The number of hydrogen-bond acceptors (Lipinski definition) is 6. The van der Waals surface area contributed by atoms with Crippen LogP contribution in [0.4, 0.5) is 5.69 Å². The summed E-state index contributed by atoms with van der Waals surface area (Å²) in [5.41, 5.74) is 0.377. The fourth-order valence-electron chi connectivity index (χ4n) is 2.51. The first-order valence-electron chi connectivity index (χ1n) is 7.98. The molecule has 138 valence electrons. The van der Waals surface area contributed by atoms with Crippen molar-refractivity contribution in [3.05, 3.63) is 46.2 Å². The average Bonchev–Trinajstić information content (AvgIpc) is 3.13. The molecule has 1 saturated heterocycles. The van der Waals surface area contributed by atoms with E-state index in [-0.39, 0.29) is 16.6 Å². The first-order chi connectivity index (χ1) is 12.4. The van der Waals surface area contributed by atoms with Crippen molar-refractivity contribution in [3.63, 3.8) is 0 Å². The summed E-state index contributed by atoms with van der Waals surface area (Å²) in [5.74, 6) is -0.490. The minimum absolute atomic E-state index is 0.104. The van der Waals surface area contributed by atoms with Gasteiger partial charge < -0.3 is 10.1 Å². The summed E-state index contributed by atoms with van der Waals surface area (Å²) in [4.78, 5) is 24.7. The van der Waals surface area contributed by atoms with Crippen molar-refractivity contribution in [3.8, 4) is 0 Å². The van der Waals surface area contributed by atoms with Gasteiger partial charge >= 0.3 is 0 Å². The maximum Gasteiger partial charge on any atom is 0.265 e. The van der Waals surface area contributed by atoms with Crippen molar-refractivity contribution < 1.29 is 22.7 Å². The molecule has 0 atom stereocenters. The van der Waals surface area contributed by atoms with Crippen molar-refractivity contribution in [2.45, 2.75) is 11.8 Å². The number of ether oxygens (including phenoxy) is 1. The lowest BCUT2D eigenvalue weighted by Crippen LogP contribution is -2.40. The highest BCUT2D eigenvalue weighted by atomic mass is 32.2. The van der Waals surface area contributed by atoms with E-state index in [1.165, 1.54) is 23.4 Å². The van der Waals surface area contributed by atoms with Crippen molar-refractivity contribution in [1.29, 1.82) is 0 Å². The zero-order valence-electron chi connectivity index (χ0n) is 14.1. The third kappa shape index (κ3) is 4.01. The van der Waals surface area contributed by atoms with Crippen LogP contribution in [0, 0.1) is 0 Å². The van der Waals surface area contributed by atoms with E-state index in [1.807, 2.05) is 0 Å². The van der Waals surface area contributed by atoms with Crippen LogP contribution >= 0.6 is 11.3 Å². The molecule has 1 aromatic heterocycles. The predicted octanol–water partition coefficient (Wildman–Crippen LogP) is 2.22. The normalized spacial score (nSPS) is 15.6. The van der Waals surface area contributed by atoms with Crippen LogP contribution in [-0.2, 0) is 14.8 Å². The first-order valence-corrected chi connectivity index (χ1v) is 10.2. The number of anilines is 1. The van der Waals surface area contributed by atoms with E-state index in [1.54, 1.807) is 24.3 Å². The molecule has 9 heteroatoms. The van der Waals surface area contributed by atoms with Gasteiger partial charge in [-0.3, -0.25) is 9.59 Å². The molecule has 7 nitrogen and oxygen atoms in total. The van der Waals surface area contributed by atoms with Gasteiger partial charge in [-0.25, -0.2) is 8.42 Å². The van der Waals surface area contributed by atoms with Gasteiger partial charge in [-0.2, -0.15) is 4.31 Å². The molecule has 2 aromatic rings. The Kier molecular flexibility index (Phi) is 5.52. The number of sulfonamides is 1. The largest absolute Gasteiger partial charge is 0.379 e. The van der Waals surface area contributed by atoms with E-state index < -0.39 is 10.0 Å². The molecule has 1 aliphatic heterocycles. The third-order valence-corrected chi connectivity index (χ3v) is 6.96. The van der Waals surface area contributed by atoms with E-state index in [0.29, 0.717) is 41.7 Å². The number of rotatable bonds is 5. The van der Waals surface area contributed by atoms with Crippen LogP contribution in [0.15, 0.2) is 41.3 Å². The number of benzene rings is 1. The summed E-state index contributed by atoms with van der Waals surface area (Å²) >= 11 is 1.10. The lowest BCUT2D eigenvalue weighted by molar-refractivity contribution is 0.0730. The summed E-state index contributed by atoms with van der Waals surface area (Å²) in [6.45, 7) is 2.79. The minimum atomic E-state index is -3.63. The van der Waals surface area contributed by atoms with E-state index in [2.05, 4.69) is 5.32 Å². The quantitative estimate of drug-likeness (QED) is 0.785. The average molecular weight is 394 g/mol. The topological polar surface area (TPSA) is 92.8 Å². The summed E-state index contributed by atoms with van der Waals surface area (Å²) in [7, 11) is -3.63. The number of carbonyl (C=O) groups is 2. The number of nitrogens with one attached hydrogen (secondary N) is 1. The molecule has 3 rings (SSSR count). The molecule has 0 unspecified atom stereocenters. The van der Waals surface area contributed by atoms with Gasteiger partial charge in [0.25, 0.3) is 5.91 Å². The Morgan fingerprint density at radius 2 is 1.81 bits per heavy atom. The Bertz CT molecular complexity index is 930. The zero-order valence-corrected chi connectivity index (χ0v) is 15.7. The molecule has 0 aliphatic carbocycles. The van der Waals surface area contributed by atoms with Crippen LogP contribution < -0.4 is 5.32 Å². The fourth-order valence-corrected chi connectivity index (χ4v) is 4.76. The van der Waals surface area contributed by atoms with E-state index in [4.69, 9.17) is 4.74 Å². The Morgan fingerprint density at radius 1 is 1.12 bits per heavy atom. The number of ketones is 1. The smallest absolute Gasteiger partial charge is 0.265 e. The standard InChI is InChI=1S/C17H18N2O5S2/c1-12(20)15-5-6-16(25-15)17(21)18-13-3-2-4-14(11-13)26(22,23)19-7-9-24-10-8-19/h2-6,11H,7-10H2,1H3,(H,18,21). The molecule has 0 spiro atoms. The van der Waals surface area contributed by atoms with Crippen LogP contribution in [0.1, 0.15) is 26.3 Å². The number of Topliss-reactive ketones (excluding diaryl/α,β-unsaturated/α-hetero) is 1. The highest BCUT2D eigenvalue weighted by molar-refractivity contribution is 7.89. The van der Waals surface area contributed by atoms with Gasteiger partial charge in [0, 0.05) is 18.8 Å². The molecule has 0 saturated carbocycles. The lowest BCUT2D eigenvalue weighted by atomic mass is 10.3. The highest BCUT2D eigenvalue weighted by Gasteiger charge is 2.26. The van der Waals surface area contributed by atoms with Gasteiger partial charge in [-0.05, 0) is 37.3 Å². The number of morpholine rings is 1. The van der Waals surface area contributed by atoms with Crippen LogP contribution in [0.2, 0.25) is 0 Å². The fraction of sp³-hybridized carbons (Fsp3) is 0.294. The van der Waals surface area contributed by atoms with Crippen molar-refractivity contribution in [2.24, 2.45) is 0 Å². The van der Waals surface area contributed by atoms with Gasteiger partial charge in [0.2, 0.25) is 10.0 Å². The van der Waals surface area contributed by atoms with Crippen LogP contribution in [0.25, 0.3) is 0 Å². The highest BCUT2D eigenvalue weighted by Crippen LogP contribution is 2.22. The minimum Gasteiger partial charge on any atom is -0.379 e. The number of amides is 1. The Labute approximate surface area is 155 Å². The second-order valence-corrected chi connectivity index (χ2v) is 8.74. The van der Waals surface area contributed by atoms with Gasteiger partial charge in [0.1, 0.15) is 0 Å². The Morgan fingerprint density at radius 3 is 2.46 bits per heavy atom. The lowest BCUT2D eigenvalue weighted by Gasteiger charge is -2.26. The van der Waals surface area contributed by atoms with E-state index >= 15 is 0 Å². The van der Waals surface area contributed by atoms with Crippen molar-refractivity contribution >= 4 is 38.7 Å². The number of hydrogen-bond donors (Lipinski definition) is 1. The molecule has 1 aliphatic rings. The van der Waals surface area contributed by atoms with Crippen LogP contribution in [0.3, 0.4) is 0 Å². The summed E-state index contributed by atoms with van der Waals surface area (Å²) in [6.07, 6.45) is 0. The maximum atomic E-state index is 12.7. The van der Waals surface area contributed by atoms with E-state index in [9.17, 15) is 18.0 Å². The van der Waals surface area contributed by atoms with Crippen LogP contribution in [-0.4, -0.2) is 50.7 Å². The SMILES string of the molecule is CC(=O)c1ccc(C(=O)Nc2cccc(S(=O)(=O)N3CCOCC3)c2)s1. The second-order valence-electron chi connectivity index (χ2n) is 5.72. The monoisotopic (exact) mass is 394 g/mol. The molecule has 0 radical (unpaired) electrons. The summed E-state index contributed by atoms with van der Waals surface area (Å²) in [5, 5.41) is 2.68. The summed E-state index contributed by atoms with van der Waals surface area (Å²) < 4.78 is 32.0. The molecule has 1 N–H and O–H groups in total. The summed E-state index contributed by atoms with van der Waals surface area (Å²) in [6, 6.07) is 9.31. The van der Waals surface area contributed by atoms with Gasteiger partial charge in [-0.15, -0.1) is 11.3 Å².